The minimum atomic E-state index is 0.395. The Morgan fingerprint density at radius 3 is 2.73 bits per heavy atom. The zero-order valence-electron chi connectivity index (χ0n) is 14.9. The van der Waals surface area contributed by atoms with Gasteiger partial charge in [-0.25, -0.2) is 4.98 Å². The summed E-state index contributed by atoms with van der Waals surface area (Å²) in [5, 5.41) is 13.2. The van der Waals surface area contributed by atoms with E-state index in [-0.39, 0.29) is 0 Å². The highest BCUT2D eigenvalue weighted by atomic mass is 15.3. The normalized spacial score (nSPS) is 15.5. The molecule has 4 rings (SSSR count). The number of piperidine rings is 1. The van der Waals surface area contributed by atoms with Crippen molar-refractivity contribution in [2.75, 3.05) is 23.7 Å². The molecule has 0 aromatic carbocycles. The van der Waals surface area contributed by atoms with Crippen LogP contribution in [0.25, 0.3) is 0 Å². The van der Waals surface area contributed by atoms with Gasteiger partial charge in [-0.1, -0.05) is 0 Å². The first kappa shape index (κ1) is 16.5. The van der Waals surface area contributed by atoms with Gasteiger partial charge in [-0.3, -0.25) is 4.68 Å². The number of anilines is 2. The van der Waals surface area contributed by atoms with Crippen molar-refractivity contribution in [1.82, 2.24) is 34.5 Å². The second-order valence-electron chi connectivity index (χ2n) is 6.47. The van der Waals surface area contributed by atoms with Crippen molar-refractivity contribution in [2.24, 2.45) is 0 Å². The minimum absolute atomic E-state index is 0.395. The van der Waals surface area contributed by atoms with Crippen LogP contribution in [-0.2, 0) is 13.1 Å². The summed E-state index contributed by atoms with van der Waals surface area (Å²) in [6, 6.07) is 3.63. The molecule has 9 heteroatoms. The van der Waals surface area contributed by atoms with Crippen LogP contribution in [0.2, 0.25) is 0 Å². The van der Waals surface area contributed by atoms with Gasteiger partial charge in [0.15, 0.2) is 5.82 Å². The Kier molecular flexibility index (Phi) is 4.51. The summed E-state index contributed by atoms with van der Waals surface area (Å²) < 4.78 is 4.10. The fourth-order valence-electron chi connectivity index (χ4n) is 3.50. The largest absolute Gasteiger partial charge is 0.384 e. The fraction of sp³-hybridized carbons (Fsp3) is 0.471. The minimum Gasteiger partial charge on any atom is -0.384 e. The molecular formula is C17H23N9. The first-order chi connectivity index (χ1) is 12.7. The molecule has 1 aliphatic rings. The van der Waals surface area contributed by atoms with Crippen LogP contribution in [0.5, 0.6) is 0 Å². The van der Waals surface area contributed by atoms with E-state index >= 15 is 0 Å². The number of hydrogen-bond acceptors (Lipinski definition) is 7. The Bertz CT molecular complexity index is 847. The molecule has 2 N–H and O–H groups in total. The van der Waals surface area contributed by atoms with Gasteiger partial charge in [0, 0.05) is 44.1 Å². The maximum absolute atomic E-state index is 5.77. The monoisotopic (exact) mass is 353 g/mol. The lowest BCUT2D eigenvalue weighted by Gasteiger charge is -2.31. The van der Waals surface area contributed by atoms with Gasteiger partial charge in [-0.2, -0.15) is 10.1 Å². The summed E-state index contributed by atoms with van der Waals surface area (Å²) in [6.07, 6.45) is 7.43. The molecule has 0 atom stereocenters. The van der Waals surface area contributed by atoms with Gasteiger partial charge < -0.3 is 15.2 Å². The summed E-state index contributed by atoms with van der Waals surface area (Å²) in [7, 11) is 0. The molecule has 0 radical (unpaired) electrons. The number of hydrogen-bond donors (Lipinski definition) is 1. The molecule has 26 heavy (non-hydrogen) atoms. The topological polar surface area (TPSA) is 104 Å². The average molecular weight is 353 g/mol. The summed E-state index contributed by atoms with van der Waals surface area (Å²) in [5.74, 6) is 3.63. The van der Waals surface area contributed by atoms with E-state index in [2.05, 4.69) is 41.7 Å². The van der Waals surface area contributed by atoms with Crippen LogP contribution in [0.1, 0.15) is 37.3 Å². The van der Waals surface area contributed by atoms with Crippen LogP contribution in [0, 0.1) is 0 Å². The molecule has 1 aliphatic heterocycles. The average Bonchev–Trinajstić information content (AvgIpc) is 3.32. The lowest BCUT2D eigenvalue weighted by atomic mass is 9.96. The van der Waals surface area contributed by atoms with E-state index in [1.165, 1.54) is 0 Å². The molecule has 0 spiro atoms. The Morgan fingerprint density at radius 1 is 1.19 bits per heavy atom. The number of nitrogens with two attached hydrogens (primary N) is 1. The van der Waals surface area contributed by atoms with Gasteiger partial charge in [0.1, 0.15) is 18.2 Å². The maximum Gasteiger partial charge on any atom is 0.227 e. The smallest absolute Gasteiger partial charge is 0.227 e. The zero-order valence-corrected chi connectivity index (χ0v) is 14.9. The Labute approximate surface area is 151 Å². The van der Waals surface area contributed by atoms with E-state index in [1.54, 1.807) is 18.5 Å². The molecule has 9 nitrogen and oxygen atoms in total. The van der Waals surface area contributed by atoms with E-state index in [9.17, 15) is 0 Å². The van der Waals surface area contributed by atoms with Crippen LogP contribution in [0.4, 0.5) is 11.8 Å². The third-order valence-electron chi connectivity index (χ3n) is 4.84. The van der Waals surface area contributed by atoms with E-state index in [4.69, 9.17) is 5.73 Å². The van der Waals surface area contributed by atoms with E-state index in [1.807, 2.05) is 16.9 Å². The molecule has 0 unspecified atom stereocenters. The lowest BCUT2D eigenvalue weighted by Crippen LogP contribution is -2.35. The van der Waals surface area contributed by atoms with Crippen LogP contribution < -0.4 is 10.6 Å². The molecule has 3 aromatic rings. The van der Waals surface area contributed by atoms with Crippen LogP contribution in [0.3, 0.4) is 0 Å². The molecule has 0 aliphatic carbocycles. The van der Waals surface area contributed by atoms with Crippen LogP contribution in [0.15, 0.2) is 30.7 Å². The molecule has 0 saturated carbocycles. The lowest BCUT2D eigenvalue weighted by molar-refractivity contribution is 0.459. The summed E-state index contributed by atoms with van der Waals surface area (Å²) in [6.45, 7) is 5.41. The second kappa shape index (κ2) is 7.11. The van der Waals surface area contributed by atoms with Crippen molar-refractivity contribution < 1.29 is 0 Å². The Morgan fingerprint density at radius 2 is 2.04 bits per heavy atom. The van der Waals surface area contributed by atoms with E-state index in [0.717, 1.165) is 44.1 Å². The van der Waals surface area contributed by atoms with Crippen molar-refractivity contribution in [3.63, 3.8) is 0 Å². The molecule has 0 amide bonds. The SMILES string of the molecule is CCn1c(Cn2cccn2)nnc1C1CCN(c2nccc(N)n2)CC1. The molecule has 0 bridgehead atoms. The summed E-state index contributed by atoms with van der Waals surface area (Å²) >= 11 is 0. The standard InChI is InChI=1S/C17H23N9/c1-2-26-15(12-25-9-3-7-20-25)22-23-16(26)13-5-10-24(11-6-13)17-19-8-4-14(18)21-17/h3-4,7-9,13H,2,5-6,10-12H2,1H3,(H2,18,19,21). The molecule has 3 aromatic heterocycles. The number of nitrogens with zero attached hydrogens (tertiary/aromatic N) is 8. The second-order valence-corrected chi connectivity index (χ2v) is 6.47. The molecule has 1 saturated heterocycles. The van der Waals surface area contributed by atoms with Crippen molar-refractivity contribution in [3.05, 3.63) is 42.4 Å². The number of aromatic nitrogens is 7. The highest BCUT2D eigenvalue weighted by Gasteiger charge is 2.27. The third kappa shape index (κ3) is 3.24. The van der Waals surface area contributed by atoms with Gasteiger partial charge in [0.05, 0.1) is 0 Å². The van der Waals surface area contributed by atoms with Gasteiger partial charge in [-0.15, -0.1) is 10.2 Å². The highest BCUT2D eigenvalue weighted by molar-refractivity contribution is 5.38. The van der Waals surface area contributed by atoms with Crippen molar-refractivity contribution >= 4 is 11.8 Å². The first-order valence-corrected chi connectivity index (χ1v) is 8.97. The van der Waals surface area contributed by atoms with Crippen LogP contribution >= 0.6 is 0 Å². The van der Waals surface area contributed by atoms with Gasteiger partial charge in [0.25, 0.3) is 0 Å². The predicted octanol–water partition coefficient (Wildman–Crippen LogP) is 1.30. The van der Waals surface area contributed by atoms with Gasteiger partial charge in [-0.05, 0) is 31.9 Å². The quantitative estimate of drug-likeness (QED) is 0.737. The zero-order chi connectivity index (χ0) is 17.9. The van der Waals surface area contributed by atoms with Crippen molar-refractivity contribution in [2.45, 2.75) is 38.8 Å². The summed E-state index contributed by atoms with van der Waals surface area (Å²) in [5.41, 5.74) is 5.77. The molecular weight excluding hydrogens is 330 g/mol. The molecule has 4 heterocycles. The fourth-order valence-corrected chi connectivity index (χ4v) is 3.50. The molecule has 136 valence electrons. The van der Waals surface area contributed by atoms with Gasteiger partial charge in [0.2, 0.25) is 5.95 Å². The Hall–Kier alpha value is -2.97. The highest BCUT2D eigenvalue weighted by Crippen LogP contribution is 2.29. The number of rotatable bonds is 5. The van der Waals surface area contributed by atoms with E-state index < -0.39 is 0 Å². The third-order valence-corrected chi connectivity index (χ3v) is 4.84. The Balaban J connectivity index is 1.46. The van der Waals surface area contributed by atoms with Crippen molar-refractivity contribution in [1.29, 1.82) is 0 Å². The summed E-state index contributed by atoms with van der Waals surface area (Å²) in [4.78, 5) is 10.8. The maximum atomic E-state index is 5.77. The number of nitrogen functional groups attached to an aromatic ring is 1. The first-order valence-electron chi connectivity index (χ1n) is 8.97. The van der Waals surface area contributed by atoms with Crippen molar-refractivity contribution in [3.8, 4) is 0 Å². The predicted molar refractivity (Wildman–Crippen MR) is 97.7 cm³/mol. The van der Waals surface area contributed by atoms with E-state index in [0.29, 0.717) is 24.2 Å². The molecule has 1 fully saturated rings. The van der Waals surface area contributed by atoms with Crippen LogP contribution in [-0.4, -0.2) is 47.6 Å². The van der Waals surface area contributed by atoms with Gasteiger partial charge >= 0.3 is 0 Å².